The minimum atomic E-state index is 0.00656. The lowest BCUT2D eigenvalue weighted by atomic mass is 9.96. The van der Waals surface area contributed by atoms with Gasteiger partial charge in [0.15, 0.2) is 5.11 Å². The van der Waals surface area contributed by atoms with Gasteiger partial charge in [0, 0.05) is 29.3 Å². The third-order valence-electron chi connectivity index (χ3n) is 7.25. The van der Waals surface area contributed by atoms with E-state index >= 15 is 0 Å². The molecular weight excluding hydrogens is 412 g/mol. The monoisotopic (exact) mass is 444 g/mol. The predicted octanol–water partition coefficient (Wildman–Crippen LogP) is 6.35. The molecule has 0 spiro atoms. The second-order valence-corrected chi connectivity index (χ2v) is 9.54. The highest BCUT2D eigenvalue weighted by molar-refractivity contribution is 7.80. The standard InChI is InChI=1S/C27H32N4S/c1-4-20-12-14-22(15-13-20)31-26(25(29-27(31)32)24-11-7-8-16-28-24)23-17-18(2)30(19(23)3)21-9-5-6-10-21/h7-8,11-17,21,25-26H,4-6,9-10H2,1-3H3,(H,29,32)/t25-,26+/m1/s1. The van der Waals surface area contributed by atoms with E-state index in [1.54, 1.807) is 0 Å². The second kappa shape index (κ2) is 8.70. The largest absolute Gasteiger partial charge is 0.351 e. The minimum Gasteiger partial charge on any atom is -0.351 e. The van der Waals surface area contributed by atoms with Crippen LogP contribution < -0.4 is 10.2 Å². The summed E-state index contributed by atoms with van der Waals surface area (Å²) in [5.41, 5.74) is 7.55. The summed E-state index contributed by atoms with van der Waals surface area (Å²) in [7, 11) is 0. The molecule has 3 aromatic rings. The molecule has 0 bridgehead atoms. The van der Waals surface area contributed by atoms with Crippen molar-refractivity contribution in [1.82, 2.24) is 14.9 Å². The van der Waals surface area contributed by atoms with Gasteiger partial charge in [-0.15, -0.1) is 0 Å². The van der Waals surface area contributed by atoms with E-state index in [1.807, 2.05) is 12.3 Å². The van der Waals surface area contributed by atoms with Crippen LogP contribution in [0.15, 0.2) is 54.7 Å². The molecular formula is C27H32N4S. The molecule has 5 heteroatoms. The number of benzene rings is 1. The lowest BCUT2D eigenvalue weighted by Gasteiger charge is -2.28. The van der Waals surface area contributed by atoms with Crippen LogP contribution in [0, 0.1) is 13.8 Å². The summed E-state index contributed by atoms with van der Waals surface area (Å²) in [6.07, 6.45) is 8.13. The molecule has 2 aromatic heterocycles. The van der Waals surface area contributed by atoms with Gasteiger partial charge in [0.1, 0.15) is 0 Å². The lowest BCUT2D eigenvalue weighted by molar-refractivity contribution is 0.494. The summed E-state index contributed by atoms with van der Waals surface area (Å²) in [5.74, 6) is 0. The van der Waals surface area contributed by atoms with Gasteiger partial charge in [0.25, 0.3) is 0 Å². The van der Waals surface area contributed by atoms with E-state index in [2.05, 4.69) is 78.0 Å². The number of hydrogen-bond donors (Lipinski definition) is 1. The molecule has 3 heterocycles. The fourth-order valence-electron chi connectivity index (χ4n) is 5.67. The van der Waals surface area contributed by atoms with Crippen LogP contribution in [0.2, 0.25) is 0 Å². The average Bonchev–Trinajstić information content (AvgIpc) is 3.52. The molecule has 0 amide bonds. The van der Waals surface area contributed by atoms with Crippen molar-refractivity contribution in [2.24, 2.45) is 0 Å². The first-order valence-corrected chi connectivity index (χ1v) is 12.3. The van der Waals surface area contributed by atoms with Crippen LogP contribution in [0.1, 0.15) is 78.9 Å². The van der Waals surface area contributed by atoms with E-state index in [9.17, 15) is 0 Å². The van der Waals surface area contributed by atoms with E-state index in [4.69, 9.17) is 17.2 Å². The van der Waals surface area contributed by atoms with Crippen LogP contribution in [-0.2, 0) is 6.42 Å². The highest BCUT2D eigenvalue weighted by Gasteiger charge is 2.42. The fraction of sp³-hybridized carbons (Fsp3) is 0.407. The minimum absolute atomic E-state index is 0.00656. The molecule has 2 atom stereocenters. The zero-order valence-electron chi connectivity index (χ0n) is 19.2. The number of aryl methyl sites for hydroxylation is 2. The molecule has 0 radical (unpaired) electrons. The van der Waals surface area contributed by atoms with Crippen molar-refractivity contribution in [3.63, 3.8) is 0 Å². The number of anilines is 1. The van der Waals surface area contributed by atoms with Gasteiger partial charge in [0.2, 0.25) is 0 Å². The van der Waals surface area contributed by atoms with Crippen LogP contribution in [0.5, 0.6) is 0 Å². The second-order valence-electron chi connectivity index (χ2n) is 9.15. The Morgan fingerprint density at radius 2 is 1.81 bits per heavy atom. The van der Waals surface area contributed by atoms with E-state index in [0.29, 0.717) is 6.04 Å². The molecule has 1 aliphatic heterocycles. The van der Waals surface area contributed by atoms with Gasteiger partial charge in [-0.3, -0.25) is 4.98 Å². The van der Waals surface area contributed by atoms with Gasteiger partial charge >= 0.3 is 0 Å². The van der Waals surface area contributed by atoms with Crippen molar-refractivity contribution < 1.29 is 0 Å². The Morgan fingerprint density at radius 3 is 2.47 bits per heavy atom. The number of hydrogen-bond acceptors (Lipinski definition) is 2. The maximum atomic E-state index is 5.91. The quantitative estimate of drug-likeness (QED) is 0.465. The van der Waals surface area contributed by atoms with Gasteiger partial charge in [-0.25, -0.2) is 0 Å². The first kappa shape index (κ1) is 21.2. The van der Waals surface area contributed by atoms with Crippen LogP contribution in [0.3, 0.4) is 0 Å². The van der Waals surface area contributed by atoms with Gasteiger partial charge < -0.3 is 14.8 Å². The Labute approximate surface area is 196 Å². The zero-order chi connectivity index (χ0) is 22.2. The van der Waals surface area contributed by atoms with Crippen LogP contribution in [0.4, 0.5) is 5.69 Å². The molecule has 2 fully saturated rings. The highest BCUT2D eigenvalue weighted by atomic mass is 32.1. The maximum Gasteiger partial charge on any atom is 0.174 e. The fourth-order valence-corrected chi connectivity index (χ4v) is 6.01. The molecule has 2 aliphatic rings. The van der Waals surface area contributed by atoms with Crippen molar-refractivity contribution >= 4 is 23.0 Å². The third kappa shape index (κ3) is 3.62. The average molecular weight is 445 g/mol. The first-order valence-electron chi connectivity index (χ1n) is 11.9. The predicted molar refractivity (Wildman–Crippen MR) is 135 cm³/mol. The van der Waals surface area contributed by atoms with Crippen molar-refractivity contribution in [3.8, 4) is 0 Å². The normalized spacial score (nSPS) is 21.3. The number of pyridine rings is 1. The Balaban J connectivity index is 1.63. The Bertz CT molecular complexity index is 1100. The summed E-state index contributed by atoms with van der Waals surface area (Å²) in [6.45, 7) is 6.73. The summed E-state index contributed by atoms with van der Waals surface area (Å²) in [6, 6.07) is 18.0. The number of nitrogens with one attached hydrogen (secondary N) is 1. The van der Waals surface area contributed by atoms with Crippen molar-refractivity contribution in [3.05, 3.63) is 82.9 Å². The van der Waals surface area contributed by atoms with Gasteiger partial charge in [0.05, 0.1) is 17.8 Å². The molecule has 1 N–H and O–H groups in total. The van der Waals surface area contributed by atoms with E-state index in [-0.39, 0.29) is 12.1 Å². The summed E-state index contributed by atoms with van der Waals surface area (Å²) < 4.78 is 2.58. The van der Waals surface area contributed by atoms with Crippen molar-refractivity contribution in [1.29, 1.82) is 0 Å². The molecule has 5 rings (SSSR count). The number of nitrogens with zero attached hydrogens (tertiary/aromatic N) is 3. The molecule has 32 heavy (non-hydrogen) atoms. The maximum absolute atomic E-state index is 5.91. The summed E-state index contributed by atoms with van der Waals surface area (Å²) in [5, 5.41) is 4.37. The van der Waals surface area contributed by atoms with E-state index < -0.39 is 0 Å². The van der Waals surface area contributed by atoms with E-state index in [1.165, 1.54) is 48.2 Å². The topological polar surface area (TPSA) is 33.1 Å². The third-order valence-corrected chi connectivity index (χ3v) is 7.57. The van der Waals surface area contributed by atoms with Crippen LogP contribution >= 0.6 is 12.2 Å². The van der Waals surface area contributed by atoms with E-state index in [0.717, 1.165) is 22.9 Å². The Morgan fingerprint density at radius 1 is 1.06 bits per heavy atom. The molecule has 4 nitrogen and oxygen atoms in total. The lowest BCUT2D eigenvalue weighted by Crippen LogP contribution is -2.29. The van der Waals surface area contributed by atoms with Crippen LogP contribution in [-0.4, -0.2) is 14.7 Å². The van der Waals surface area contributed by atoms with Crippen molar-refractivity contribution in [2.75, 3.05) is 4.90 Å². The smallest absolute Gasteiger partial charge is 0.174 e. The summed E-state index contributed by atoms with van der Waals surface area (Å²) >= 11 is 5.91. The molecule has 0 unspecified atom stereocenters. The Hall–Kier alpha value is -2.66. The number of thiocarbonyl (C=S) groups is 1. The number of aromatic nitrogens is 2. The summed E-state index contributed by atoms with van der Waals surface area (Å²) in [4.78, 5) is 7.01. The SMILES string of the molecule is CCc1ccc(N2C(=S)N[C@H](c3ccccn3)[C@@H]2c2cc(C)n(C3CCCC3)c2C)cc1. The van der Waals surface area contributed by atoms with Crippen LogP contribution in [0.25, 0.3) is 0 Å². The Kier molecular flexibility index (Phi) is 5.76. The molecule has 1 aromatic carbocycles. The molecule has 1 saturated heterocycles. The number of rotatable bonds is 5. The molecule has 1 saturated carbocycles. The molecule has 1 aliphatic carbocycles. The van der Waals surface area contributed by atoms with Gasteiger partial charge in [-0.05, 0) is 86.8 Å². The van der Waals surface area contributed by atoms with Crippen molar-refractivity contribution in [2.45, 2.75) is 71.0 Å². The molecule has 166 valence electrons. The van der Waals surface area contributed by atoms with Gasteiger partial charge in [-0.2, -0.15) is 0 Å². The highest BCUT2D eigenvalue weighted by Crippen LogP contribution is 2.44. The first-order chi connectivity index (χ1) is 15.6. The van der Waals surface area contributed by atoms with Gasteiger partial charge in [-0.1, -0.05) is 38.0 Å². The zero-order valence-corrected chi connectivity index (χ0v) is 20.0.